The number of ether oxygens (including phenoxy) is 1. The predicted molar refractivity (Wildman–Crippen MR) is 143 cm³/mol. The molecule has 1 aliphatic rings. The van der Waals surface area contributed by atoms with Gasteiger partial charge >= 0.3 is 5.97 Å². The maximum Gasteiger partial charge on any atom is 0.303 e. The molecule has 0 saturated carbocycles. The van der Waals surface area contributed by atoms with Crippen LogP contribution in [-0.2, 0) is 14.8 Å². The van der Waals surface area contributed by atoms with E-state index in [4.69, 9.17) is 33.0 Å². The van der Waals surface area contributed by atoms with Gasteiger partial charge in [-0.25, -0.2) is 8.42 Å². The second-order valence-electron chi connectivity index (χ2n) is 8.68. The molecule has 0 amide bonds. The number of carboxylic acids is 1. The molecule has 0 saturated heterocycles. The Bertz CT molecular complexity index is 1430. The van der Waals surface area contributed by atoms with Crippen molar-refractivity contribution in [2.75, 3.05) is 10.8 Å². The van der Waals surface area contributed by atoms with Gasteiger partial charge in [0, 0.05) is 22.0 Å². The first-order valence-electron chi connectivity index (χ1n) is 11.3. The normalized spacial score (nSPS) is 15.8. The Morgan fingerprint density at radius 3 is 2.47 bits per heavy atom. The number of allylic oxidation sites excluding steroid dienone is 1. The Kier molecular flexibility index (Phi) is 7.64. The molecule has 0 bridgehead atoms. The molecule has 188 valence electrons. The molecule has 0 radical (unpaired) electrons. The van der Waals surface area contributed by atoms with Gasteiger partial charge in [-0.3, -0.25) is 9.10 Å². The number of benzene rings is 3. The molecule has 0 unspecified atom stereocenters. The average molecular weight is 546 g/mol. The fourth-order valence-corrected chi connectivity index (χ4v) is 6.48. The number of halogens is 2. The van der Waals surface area contributed by atoms with E-state index in [0.717, 1.165) is 16.7 Å². The van der Waals surface area contributed by atoms with Gasteiger partial charge in [-0.1, -0.05) is 53.5 Å². The maximum absolute atomic E-state index is 13.7. The third-order valence-electron chi connectivity index (χ3n) is 5.91. The van der Waals surface area contributed by atoms with E-state index in [2.05, 4.69) is 0 Å². The van der Waals surface area contributed by atoms with Gasteiger partial charge in [-0.15, -0.1) is 0 Å². The number of rotatable bonds is 7. The molecule has 1 aliphatic heterocycles. The van der Waals surface area contributed by atoms with Gasteiger partial charge in [0.05, 0.1) is 17.1 Å². The number of aliphatic carboxylic acids is 1. The number of carboxylic acid groups (broad SMARTS) is 1. The van der Waals surface area contributed by atoms with Crippen molar-refractivity contribution in [3.63, 3.8) is 0 Å². The Labute approximate surface area is 220 Å². The summed E-state index contributed by atoms with van der Waals surface area (Å²) in [7, 11) is -3.94. The van der Waals surface area contributed by atoms with Gasteiger partial charge in [0.1, 0.15) is 11.9 Å². The van der Waals surface area contributed by atoms with Crippen LogP contribution in [0, 0.1) is 6.92 Å². The van der Waals surface area contributed by atoms with Crippen LogP contribution in [0.1, 0.15) is 36.5 Å². The fourth-order valence-electron chi connectivity index (χ4n) is 4.18. The highest BCUT2D eigenvalue weighted by Gasteiger charge is 2.35. The van der Waals surface area contributed by atoms with E-state index in [1.54, 1.807) is 48.5 Å². The van der Waals surface area contributed by atoms with Crippen LogP contribution in [0.15, 0.2) is 65.6 Å². The molecule has 1 N–H and O–H groups in total. The summed E-state index contributed by atoms with van der Waals surface area (Å²) in [5.74, 6) is -0.592. The Hall–Kier alpha value is -3.00. The third-order valence-corrected chi connectivity index (χ3v) is 8.32. The van der Waals surface area contributed by atoms with Crippen LogP contribution in [-0.4, -0.2) is 32.1 Å². The van der Waals surface area contributed by atoms with Gasteiger partial charge in [0.2, 0.25) is 0 Å². The number of anilines is 1. The smallest absolute Gasteiger partial charge is 0.303 e. The van der Waals surface area contributed by atoms with Crippen molar-refractivity contribution in [2.45, 2.75) is 37.7 Å². The minimum absolute atomic E-state index is 0.000946. The molecule has 6 nitrogen and oxygen atoms in total. The summed E-state index contributed by atoms with van der Waals surface area (Å²) in [6, 6.07) is 17.2. The first kappa shape index (κ1) is 26.1. The molecule has 0 spiro atoms. The van der Waals surface area contributed by atoms with Gasteiger partial charge in [-0.05, 0) is 73.4 Å². The molecule has 1 atom stereocenters. The van der Waals surface area contributed by atoms with Gasteiger partial charge < -0.3 is 9.84 Å². The van der Waals surface area contributed by atoms with Crippen molar-refractivity contribution in [3.05, 3.63) is 87.4 Å². The molecule has 9 heteroatoms. The second kappa shape index (κ2) is 10.5. The highest BCUT2D eigenvalue weighted by Crippen LogP contribution is 2.40. The number of aryl methyl sites for hydroxylation is 1. The topological polar surface area (TPSA) is 83.9 Å². The van der Waals surface area contributed by atoms with Crippen LogP contribution >= 0.6 is 23.2 Å². The SMILES string of the molecule is C/C(=C\c1ccc2c(c1)N(S(=O)(=O)c1cccc(C)c1)C[C@H](CCC(=O)O)O2)c1c(Cl)cccc1Cl. The molecule has 3 aromatic carbocycles. The average Bonchev–Trinajstić information content (AvgIpc) is 2.82. The molecule has 3 aromatic rings. The van der Waals surface area contributed by atoms with Crippen molar-refractivity contribution in [3.8, 4) is 5.75 Å². The molecule has 1 heterocycles. The van der Waals surface area contributed by atoms with Gasteiger partial charge in [0.25, 0.3) is 10.0 Å². The minimum Gasteiger partial charge on any atom is -0.486 e. The quantitative estimate of drug-likeness (QED) is 0.334. The minimum atomic E-state index is -3.94. The molecule has 36 heavy (non-hydrogen) atoms. The van der Waals surface area contributed by atoms with Crippen LogP contribution in [0.2, 0.25) is 10.0 Å². The molecule has 4 rings (SSSR count). The highest BCUT2D eigenvalue weighted by atomic mass is 35.5. The van der Waals surface area contributed by atoms with Crippen molar-refractivity contribution >= 4 is 56.5 Å². The van der Waals surface area contributed by atoms with E-state index in [-0.39, 0.29) is 24.3 Å². The first-order chi connectivity index (χ1) is 17.1. The van der Waals surface area contributed by atoms with Crippen LogP contribution in [0.3, 0.4) is 0 Å². The van der Waals surface area contributed by atoms with E-state index in [1.807, 2.05) is 32.1 Å². The lowest BCUT2D eigenvalue weighted by Crippen LogP contribution is -2.43. The molecular weight excluding hydrogens is 521 g/mol. The third kappa shape index (κ3) is 5.53. The number of carbonyl (C=O) groups is 1. The van der Waals surface area contributed by atoms with E-state index in [9.17, 15) is 13.2 Å². The largest absolute Gasteiger partial charge is 0.486 e. The highest BCUT2D eigenvalue weighted by molar-refractivity contribution is 7.92. The summed E-state index contributed by atoms with van der Waals surface area (Å²) < 4.78 is 34.8. The van der Waals surface area contributed by atoms with E-state index in [1.165, 1.54) is 4.31 Å². The zero-order valence-corrected chi connectivity index (χ0v) is 22.1. The van der Waals surface area contributed by atoms with Crippen molar-refractivity contribution in [1.29, 1.82) is 0 Å². The Morgan fingerprint density at radius 2 is 1.81 bits per heavy atom. The fraction of sp³-hybridized carbons (Fsp3) is 0.222. The Balaban J connectivity index is 1.78. The number of nitrogens with zero attached hydrogens (tertiary/aromatic N) is 1. The zero-order chi connectivity index (χ0) is 26.0. The molecular formula is C27H25Cl2NO5S. The number of fused-ring (bicyclic) bond motifs is 1. The Morgan fingerprint density at radius 1 is 1.11 bits per heavy atom. The van der Waals surface area contributed by atoms with Crippen molar-refractivity contribution < 1.29 is 23.1 Å². The van der Waals surface area contributed by atoms with Crippen LogP contribution in [0.25, 0.3) is 11.6 Å². The lowest BCUT2D eigenvalue weighted by molar-refractivity contribution is -0.137. The lowest BCUT2D eigenvalue weighted by Gasteiger charge is -2.35. The maximum atomic E-state index is 13.7. The molecule has 0 aliphatic carbocycles. The van der Waals surface area contributed by atoms with Crippen LogP contribution in [0.5, 0.6) is 5.75 Å². The van der Waals surface area contributed by atoms with E-state index in [0.29, 0.717) is 27.0 Å². The summed E-state index contributed by atoms with van der Waals surface area (Å²) in [6.07, 6.45) is 1.33. The monoisotopic (exact) mass is 545 g/mol. The predicted octanol–water partition coefficient (Wildman–Crippen LogP) is 6.68. The van der Waals surface area contributed by atoms with Crippen LogP contribution in [0.4, 0.5) is 5.69 Å². The molecule has 0 aromatic heterocycles. The summed E-state index contributed by atoms with van der Waals surface area (Å²) in [4.78, 5) is 11.3. The second-order valence-corrected chi connectivity index (χ2v) is 11.4. The number of hydrogen-bond acceptors (Lipinski definition) is 4. The molecule has 0 fully saturated rings. The lowest BCUT2D eigenvalue weighted by atomic mass is 10.0. The summed E-state index contributed by atoms with van der Waals surface area (Å²) in [6.45, 7) is 3.71. The van der Waals surface area contributed by atoms with Gasteiger partial charge in [-0.2, -0.15) is 0 Å². The van der Waals surface area contributed by atoms with E-state index >= 15 is 0 Å². The standard InChI is InChI=1S/C27H25Cl2NO5S/c1-17-5-3-6-21(13-17)36(33,34)30-16-20(10-12-26(31)32)35-25-11-9-19(15-24(25)30)14-18(2)27-22(28)7-4-8-23(27)29/h3-9,11,13-15,20H,10,12,16H2,1-2H3,(H,31,32)/b18-14+/t20-/m0/s1. The summed E-state index contributed by atoms with van der Waals surface area (Å²) in [5, 5.41) is 10.1. The summed E-state index contributed by atoms with van der Waals surface area (Å²) in [5.41, 5.74) is 3.45. The van der Waals surface area contributed by atoms with Gasteiger partial charge in [0.15, 0.2) is 0 Å². The zero-order valence-electron chi connectivity index (χ0n) is 19.7. The van der Waals surface area contributed by atoms with Crippen molar-refractivity contribution in [2.24, 2.45) is 0 Å². The van der Waals surface area contributed by atoms with Crippen molar-refractivity contribution in [1.82, 2.24) is 0 Å². The van der Waals surface area contributed by atoms with E-state index < -0.39 is 22.1 Å². The first-order valence-corrected chi connectivity index (χ1v) is 13.5. The van der Waals surface area contributed by atoms with Crippen LogP contribution < -0.4 is 9.04 Å². The summed E-state index contributed by atoms with van der Waals surface area (Å²) >= 11 is 12.7. The number of hydrogen-bond donors (Lipinski definition) is 1. The number of sulfonamides is 1.